The lowest BCUT2D eigenvalue weighted by molar-refractivity contribution is 0.0932. The highest BCUT2D eigenvalue weighted by molar-refractivity contribution is 5.07. The minimum Gasteiger partial charge on any atom is -0.473 e. The van der Waals surface area contributed by atoms with Crippen LogP contribution in [-0.2, 0) is 6.54 Å². The van der Waals surface area contributed by atoms with Gasteiger partial charge in [0.25, 0.3) is 0 Å². The van der Waals surface area contributed by atoms with Crippen molar-refractivity contribution in [2.24, 2.45) is 0 Å². The van der Waals surface area contributed by atoms with Crippen LogP contribution in [0.4, 0.5) is 0 Å². The molecule has 0 bridgehead atoms. The molecule has 1 fully saturated rings. The highest BCUT2D eigenvalue weighted by Gasteiger charge is 2.20. The van der Waals surface area contributed by atoms with E-state index in [1.54, 1.807) is 29.6 Å². The summed E-state index contributed by atoms with van der Waals surface area (Å²) in [6.07, 6.45) is 9.11. The van der Waals surface area contributed by atoms with Crippen molar-refractivity contribution < 1.29 is 4.74 Å². The van der Waals surface area contributed by atoms with Crippen LogP contribution < -0.4 is 4.74 Å². The fourth-order valence-corrected chi connectivity index (χ4v) is 2.51. The minimum atomic E-state index is 0.236. The fraction of sp³-hybridized carbons (Fsp3) is 0.571. The summed E-state index contributed by atoms with van der Waals surface area (Å²) in [5, 5.41) is 8.24. The molecule has 3 rings (SSSR count). The average molecular weight is 288 g/mol. The van der Waals surface area contributed by atoms with Crippen molar-refractivity contribution in [2.75, 3.05) is 19.6 Å². The summed E-state index contributed by atoms with van der Waals surface area (Å²) in [5.74, 6) is 0.634. The van der Waals surface area contributed by atoms with Gasteiger partial charge in [0.15, 0.2) is 0 Å². The molecule has 1 saturated heterocycles. The average Bonchev–Trinajstić information content (AvgIpc) is 3.00. The monoisotopic (exact) mass is 288 g/mol. The van der Waals surface area contributed by atoms with Gasteiger partial charge in [-0.05, 0) is 19.8 Å². The highest BCUT2D eigenvalue weighted by Crippen LogP contribution is 2.16. The largest absolute Gasteiger partial charge is 0.473 e. The topological polar surface area (TPSA) is 69.0 Å². The minimum absolute atomic E-state index is 0.236. The molecule has 2 aromatic heterocycles. The quantitative estimate of drug-likeness (QED) is 0.815. The third kappa shape index (κ3) is 3.98. The number of aromatic nitrogens is 5. The van der Waals surface area contributed by atoms with Crippen LogP contribution >= 0.6 is 0 Å². The summed E-state index contributed by atoms with van der Waals surface area (Å²) in [7, 11) is 0. The molecule has 112 valence electrons. The number of rotatable bonds is 5. The third-order valence-electron chi connectivity index (χ3n) is 3.64. The van der Waals surface area contributed by atoms with Crippen LogP contribution in [0, 0.1) is 6.92 Å². The second-order valence-corrected chi connectivity index (χ2v) is 5.28. The van der Waals surface area contributed by atoms with E-state index in [1.807, 2.05) is 6.92 Å². The Hall–Kier alpha value is -2.02. The van der Waals surface area contributed by atoms with Crippen molar-refractivity contribution in [3.63, 3.8) is 0 Å². The van der Waals surface area contributed by atoms with E-state index in [2.05, 4.69) is 25.1 Å². The number of ether oxygens (including phenoxy) is 1. The van der Waals surface area contributed by atoms with E-state index < -0.39 is 0 Å². The molecule has 3 heterocycles. The number of likely N-dealkylation sites (tertiary alicyclic amines) is 1. The zero-order valence-corrected chi connectivity index (χ0v) is 12.2. The second-order valence-electron chi connectivity index (χ2n) is 5.28. The van der Waals surface area contributed by atoms with Gasteiger partial charge in [-0.1, -0.05) is 0 Å². The van der Waals surface area contributed by atoms with Gasteiger partial charge in [0.1, 0.15) is 6.10 Å². The molecule has 0 N–H and O–H groups in total. The number of piperidine rings is 1. The number of nitrogens with zero attached hydrogens (tertiary/aromatic N) is 6. The lowest BCUT2D eigenvalue weighted by atomic mass is 10.1. The Morgan fingerprint density at radius 2 is 1.90 bits per heavy atom. The number of aryl methyl sites for hydroxylation is 1. The second kappa shape index (κ2) is 6.62. The first kappa shape index (κ1) is 13.9. The lowest BCUT2D eigenvalue weighted by Crippen LogP contribution is -2.40. The van der Waals surface area contributed by atoms with Crippen molar-refractivity contribution in [3.05, 3.63) is 30.5 Å². The Kier molecular flexibility index (Phi) is 4.40. The normalized spacial score (nSPS) is 17.0. The predicted octanol–water partition coefficient (Wildman–Crippen LogP) is 0.920. The molecule has 0 radical (unpaired) electrons. The van der Waals surface area contributed by atoms with Gasteiger partial charge in [-0.25, -0.2) is 4.98 Å². The first-order chi connectivity index (χ1) is 10.3. The first-order valence-corrected chi connectivity index (χ1v) is 7.31. The van der Waals surface area contributed by atoms with Gasteiger partial charge in [-0.2, -0.15) is 15.0 Å². The Morgan fingerprint density at radius 1 is 1.14 bits per heavy atom. The third-order valence-corrected chi connectivity index (χ3v) is 3.64. The van der Waals surface area contributed by atoms with E-state index in [-0.39, 0.29) is 6.10 Å². The van der Waals surface area contributed by atoms with Gasteiger partial charge in [0.2, 0.25) is 5.88 Å². The molecule has 21 heavy (non-hydrogen) atoms. The summed E-state index contributed by atoms with van der Waals surface area (Å²) in [5.41, 5.74) is 0.886. The fourth-order valence-electron chi connectivity index (χ4n) is 2.51. The SMILES string of the molecule is Cc1cncc(OC2CCN(CCn3nccn3)CC2)n1. The molecule has 0 aliphatic carbocycles. The van der Waals surface area contributed by atoms with Crippen LogP contribution in [0.1, 0.15) is 18.5 Å². The maximum atomic E-state index is 5.90. The maximum Gasteiger partial charge on any atom is 0.232 e. The van der Waals surface area contributed by atoms with Gasteiger partial charge < -0.3 is 9.64 Å². The van der Waals surface area contributed by atoms with Crippen molar-refractivity contribution in [3.8, 4) is 5.88 Å². The van der Waals surface area contributed by atoms with E-state index in [0.717, 1.165) is 44.7 Å². The van der Waals surface area contributed by atoms with Crippen LogP contribution in [0.3, 0.4) is 0 Å². The molecule has 1 aliphatic rings. The van der Waals surface area contributed by atoms with Crippen LogP contribution in [0.2, 0.25) is 0 Å². The standard InChI is InChI=1S/C14H20N6O/c1-12-10-15-11-14(18-12)21-13-2-6-19(7-3-13)8-9-20-16-4-5-17-20/h4-5,10-11,13H,2-3,6-9H2,1H3. The summed E-state index contributed by atoms with van der Waals surface area (Å²) in [4.78, 5) is 12.6. The molecule has 7 nitrogen and oxygen atoms in total. The van der Waals surface area contributed by atoms with E-state index in [1.165, 1.54) is 0 Å². The molecule has 0 aromatic carbocycles. The van der Waals surface area contributed by atoms with Gasteiger partial charge in [-0.3, -0.25) is 4.98 Å². The summed E-state index contributed by atoms with van der Waals surface area (Å²) < 4.78 is 5.90. The van der Waals surface area contributed by atoms with E-state index in [9.17, 15) is 0 Å². The number of hydrogen-bond acceptors (Lipinski definition) is 6. The van der Waals surface area contributed by atoms with E-state index in [4.69, 9.17) is 4.74 Å². The predicted molar refractivity (Wildman–Crippen MR) is 76.9 cm³/mol. The van der Waals surface area contributed by atoms with Crippen LogP contribution in [0.15, 0.2) is 24.8 Å². The molecule has 0 unspecified atom stereocenters. The van der Waals surface area contributed by atoms with Crippen LogP contribution in [0.5, 0.6) is 5.88 Å². The van der Waals surface area contributed by atoms with E-state index >= 15 is 0 Å². The van der Waals surface area contributed by atoms with Gasteiger partial charge >= 0.3 is 0 Å². The van der Waals surface area contributed by atoms with Crippen LogP contribution in [-0.4, -0.2) is 55.6 Å². The molecule has 0 amide bonds. The first-order valence-electron chi connectivity index (χ1n) is 7.31. The molecule has 0 saturated carbocycles. The van der Waals surface area contributed by atoms with Gasteiger partial charge in [0.05, 0.1) is 30.8 Å². The number of hydrogen-bond donors (Lipinski definition) is 0. The molecule has 2 aromatic rings. The molecular formula is C14H20N6O. The van der Waals surface area contributed by atoms with Crippen molar-refractivity contribution in [1.82, 2.24) is 29.9 Å². The zero-order chi connectivity index (χ0) is 14.5. The zero-order valence-electron chi connectivity index (χ0n) is 12.2. The van der Waals surface area contributed by atoms with Gasteiger partial charge in [-0.15, -0.1) is 0 Å². The molecule has 0 atom stereocenters. The Morgan fingerprint density at radius 3 is 2.62 bits per heavy atom. The van der Waals surface area contributed by atoms with Crippen molar-refractivity contribution >= 4 is 0 Å². The summed E-state index contributed by atoms with van der Waals surface area (Å²) in [6.45, 7) is 5.80. The van der Waals surface area contributed by atoms with Gasteiger partial charge in [0, 0.05) is 25.8 Å². The highest BCUT2D eigenvalue weighted by atomic mass is 16.5. The molecule has 0 spiro atoms. The smallest absolute Gasteiger partial charge is 0.232 e. The lowest BCUT2D eigenvalue weighted by Gasteiger charge is -2.31. The Balaban J connectivity index is 1.42. The molecular weight excluding hydrogens is 268 g/mol. The Labute approximate surface area is 124 Å². The molecule has 7 heteroatoms. The van der Waals surface area contributed by atoms with Crippen LogP contribution in [0.25, 0.3) is 0 Å². The summed E-state index contributed by atoms with van der Waals surface area (Å²) in [6, 6.07) is 0. The maximum absolute atomic E-state index is 5.90. The summed E-state index contributed by atoms with van der Waals surface area (Å²) >= 11 is 0. The van der Waals surface area contributed by atoms with Crippen molar-refractivity contribution in [1.29, 1.82) is 0 Å². The van der Waals surface area contributed by atoms with Crippen molar-refractivity contribution in [2.45, 2.75) is 32.4 Å². The Bertz CT molecular complexity index is 550. The van der Waals surface area contributed by atoms with E-state index in [0.29, 0.717) is 5.88 Å². The molecule has 1 aliphatic heterocycles.